The van der Waals surface area contributed by atoms with Crippen molar-refractivity contribution in [3.8, 4) is 0 Å². The number of hydrogen-bond donors (Lipinski definition) is 3. The lowest BCUT2D eigenvalue weighted by Crippen LogP contribution is -2.41. The van der Waals surface area contributed by atoms with Crippen LogP contribution in [0.15, 0.2) is 57.0 Å². The summed E-state index contributed by atoms with van der Waals surface area (Å²) in [6.45, 7) is 6.93. The average Bonchev–Trinajstić information content (AvgIpc) is 3.21. The zero-order valence-electron chi connectivity index (χ0n) is 17.4. The van der Waals surface area contributed by atoms with Crippen molar-refractivity contribution >= 4 is 40.0 Å². The van der Waals surface area contributed by atoms with Crippen LogP contribution >= 0.6 is 24.0 Å². The minimum absolute atomic E-state index is 0. The van der Waals surface area contributed by atoms with Crippen LogP contribution in [-0.4, -0.2) is 47.2 Å². The fourth-order valence-electron chi connectivity index (χ4n) is 2.43. The molecule has 0 saturated heterocycles. The molecule has 0 spiro atoms. The zero-order chi connectivity index (χ0) is 21.0. The van der Waals surface area contributed by atoms with Gasteiger partial charge in [0.1, 0.15) is 12.4 Å². The Kier molecular flexibility index (Phi) is 12.7. The molecule has 2 rings (SSSR count). The first-order valence-corrected chi connectivity index (χ1v) is 11.2. The minimum Gasteiger partial charge on any atom is -0.467 e. The van der Waals surface area contributed by atoms with Crippen LogP contribution in [0.3, 0.4) is 0 Å². The Balaban J connectivity index is 0.00000450. The molecule has 0 fully saturated rings. The van der Waals surface area contributed by atoms with Crippen LogP contribution in [-0.2, 0) is 21.4 Å². The maximum atomic E-state index is 12.3. The highest BCUT2D eigenvalue weighted by Gasteiger charge is 2.12. The Bertz CT molecular complexity index is 840. The van der Waals surface area contributed by atoms with E-state index >= 15 is 0 Å². The zero-order valence-corrected chi connectivity index (χ0v) is 20.5. The van der Waals surface area contributed by atoms with Gasteiger partial charge in [-0.15, -0.1) is 24.0 Å². The Hall–Kier alpha value is -1.63. The van der Waals surface area contributed by atoms with Gasteiger partial charge in [0.05, 0.1) is 11.2 Å². The van der Waals surface area contributed by atoms with Crippen molar-refractivity contribution in [2.24, 2.45) is 4.99 Å². The number of nitrogens with one attached hydrogen (secondary N) is 3. The third-order valence-electron chi connectivity index (χ3n) is 3.93. The quantitative estimate of drug-likeness (QED) is 0.163. The van der Waals surface area contributed by atoms with E-state index in [0.29, 0.717) is 32.3 Å². The Morgan fingerprint density at radius 3 is 2.57 bits per heavy atom. The summed E-state index contributed by atoms with van der Waals surface area (Å²) in [5, 5.41) is 6.26. The van der Waals surface area contributed by atoms with Crippen molar-refractivity contribution in [2.45, 2.75) is 31.8 Å². The van der Waals surface area contributed by atoms with E-state index in [2.05, 4.69) is 20.3 Å². The van der Waals surface area contributed by atoms with Gasteiger partial charge in [0.15, 0.2) is 5.96 Å². The lowest BCUT2D eigenvalue weighted by atomic mass is 10.2. The highest BCUT2D eigenvalue weighted by atomic mass is 127. The fourth-order valence-corrected chi connectivity index (χ4v) is 3.47. The number of halogens is 1. The highest BCUT2D eigenvalue weighted by molar-refractivity contribution is 14.0. The summed E-state index contributed by atoms with van der Waals surface area (Å²) in [5.74, 6) is 1.45. The molecule has 0 aliphatic heterocycles. The molecule has 0 atom stereocenters. The van der Waals surface area contributed by atoms with Crippen molar-refractivity contribution in [1.82, 2.24) is 15.4 Å². The first kappa shape index (κ1) is 26.4. The standard InChI is InChI=1S/C20H30N4O4S.HI/c1-3-21-20(22-11-5-14-27-16-18-6-4-15-28-18)23-12-13-24-29(25,26)19-9-7-17(2)8-10-19;/h4,6-10,15,24H,3,5,11-14,16H2,1-2H3,(H2,21,22,23);1H. The summed E-state index contributed by atoms with van der Waals surface area (Å²) in [6, 6.07) is 10.5. The maximum Gasteiger partial charge on any atom is 0.240 e. The van der Waals surface area contributed by atoms with E-state index in [1.807, 2.05) is 26.0 Å². The summed E-state index contributed by atoms with van der Waals surface area (Å²) >= 11 is 0. The molecule has 168 valence electrons. The van der Waals surface area contributed by atoms with Gasteiger partial charge in [-0.05, 0) is 44.5 Å². The minimum atomic E-state index is -3.51. The summed E-state index contributed by atoms with van der Waals surface area (Å²) in [7, 11) is -3.51. The van der Waals surface area contributed by atoms with Gasteiger partial charge < -0.3 is 19.8 Å². The number of guanidine groups is 1. The second-order valence-corrected chi connectivity index (χ2v) is 8.15. The lowest BCUT2D eigenvalue weighted by Gasteiger charge is -2.12. The SMILES string of the molecule is CCNC(=NCCCOCc1ccco1)NCCNS(=O)(=O)c1ccc(C)cc1.I. The molecule has 0 aliphatic carbocycles. The van der Waals surface area contributed by atoms with Crippen LogP contribution in [0.5, 0.6) is 0 Å². The third-order valence-corrected chi connectivity index (χ3v) is 5.40. The molecule has 0 bridgehead atoms. The predicted octanol–water partition coefficient (Wildman–Crippen LogP) is 2.65. The molecule has 1 aromatic heterocycles. The third kappa shape index (κ3) is 9.92. The molecule has 30 heavy (non-hydrogen) atoms. The van der Waals surface area contributed by atoms with Gasteiger partial charge in [-0.25, -0.2) is 13.1 Å². The smallest absolute Gasteiger partial charge is 0.240 e. The molecule has 0 saturated carbocycles. The number of hydrogen-bond acceptors (Lipinski definition) is 5. The van der Waals surface area contributed by atoms with Gasteiger partial charge in [-0.3, -0.25) is 4.99 Å². The van der Waals surface area contributed by atoms with Gasteiger partial charge in [0, 0.05) is 32.8 Å². The molecule has 1 heterocycles. The van der Waals surface area contributed by atoms with E-state index in [1.54, 1.807) is 30.5 Å². The van der Waals surface area contributed by atoms with E-state index in [1.165, 1.54) is 0 Å². The maximum absolute atomic E-state index is 12.3. The molecule has 0 aliphatic rings. The second kappa shape index (κ2) is 14.4. The van der Waals surface area contributed by atoms with E-state index in [4.69, 9.17) is 9.15 Å². The summed E-state index contributed by atoms with van der Waals surface area (Å²) in [5.41, 5.74) is 1.02. The molecule has 2 aromatic rings. The van der Waals surface area contributed by atoms with E-state index < -0.39 is 10.0 Å². The van der Waals surface area contributed by atoms with Crippen LogP contribution in [0.2, 0.25) is 0 Å². The summed E-state index contributed by atoms with van der Waals surface area (Å²) in [6.07, 6.45) is 2.40. The molecule has 0 amide bonds. The van der Waals surface area contributed by atoms with Crippen LogP contribution in [0.25, 0.3) is 0 Å². The second-order valence-electron chi connectivity index (χ2n) is 6.38. The Labute approximate surface area is 195 Å². The van der Waals surface area contributed by atoms with Crippen LogP contribution in [0.1, 0.15) is 24.7 Å². The molecule has 1 aromatic carbocycles. The first-order chi connectivity index (χ1) is 14.0. The van der Waals surface area contributed by atoms with Crippen molar-refractivity contribution < 1.29 is 17.6 Å². The summed E-state index contributed by atoms with van der Waals surface area (Å²) < 4.78 is 37.8. The predicted molar refractivity (Wildman–Crippen MR) is 129 cm³/mol. The van der Waals surface area contributed by atoms with Gasteiger partial charge in [-0.2, -0.15) is 0 Å². The molecule has 10 heteroatoms. The molecule has 0 unspecified atom stereocenters. The van der Waals surface area contributed by atoms with Crippen molar-refractivity contribution in [1.29, 1.82) is 0 Å². The van der Waals surface area contributed by atoms with Gasteiger partial charge in [0.2, 0.25) is 10.0 Å². The van der Waals surface area contributed by atoms with Crippen LogP contribution in [0, 0.1) is 6.92 Å². The normalized spacial score (nSPS) is 11.7. The number of benzene rings is 1. The van der Waals surface area contributed by atoms with E-state index in [-0.39, 0.29) is 35.4 Å². The van der Waals surface area contributed by atoms with Gasteiger partial charge in [0.25, 0.3) is 0 Å². The van der Waals surface area contributed by atoms with Crippen molar-refractivity contribution in [2.75, 3.05) is 32.8 Å². The number of aliphatic imine (C=N–C) groups is 1. The molecule has 0 radical (unpaired) electrons. The number of nitrogens with zero attached hydrogens (tertiary/aromatic N) is 1. The number of furan rings is 1. The average molecular weight is 550 g/mol. The molecule has 3 N–H and O–H groups in total. The van der Waals surface area contributed by atoms with Crippen LogP contribution < -0.4 is 15.4 Å². The lowest BCUT2D eigenvalue weighted by molar-refractivity contribution is 0.105. The van der Waals surface area contributed by atoms with Gasteiger partial charge in [-0.1, -0.05) is 17.7 Å². The number of aryl methyl sites for hydroxylation is 1. The van der Waals surface area contributed by atoms with Crippen molar-refractivity contribution in [3.05, 3.63) is 54.0 Å². The van der Waals surface area contributed by atoms with Crippen molar-refractivity contribution in [3.63, 3.8) is 0 Å². The van der Waals surface area contributed by atoms with E-state index in [9.17, 15) is 8.42 Å². The van der Waals surface area contributed by atoms with E-state index in [0.717, 1.165) is 24.3 Å². The number of ether oxygens (including phenoxy) is 1. The molecule has 8 nitrogen and oxygen atoms in total. The monoisotopic (exact) mass is 550 g/mol. The van der Waals surface area contributed by atoms with Gasteiger partial charge >= 0.3 is 0 Å². The van der Waals surface area contributed by atoms with Crippen LogP contribution in [0.4, 0.5) is 0 Å². The summed E-state index contributed by atoms with van der Waals surface area (Å²) in [4.78, 5) is 4.73. The molecular weight excluding hydrogens is 519 g/mol. The number of rotatable bonds is 12. The molecular formula is C20H31IN4O4S. The Morgan fingerprint density at radius 2 is 1.90 bits per heavy atom. The number of sulfonamides is 1. The topological polar surface area (TPSA) is 105 Å². The highest BCUT2D eigenvalue weighted by Crippen LogP contribution is 2.09. The Morgan fingerprint density at radius 1 is 1.13 bits per heavy atom. The largest absolute Gasteiger partial charge is 0.467 e. The fraction of sp³-hybridized carbons (Fsp3) is 0.450. The first-order valence-electron chi connectivity index (χ1n) is 9.70.